The predicted octanol–water partition coefficient (Wildman–Crippen LogP) is 3.30. The highest BCUT2D eigenvalue weighted by molar-refractivity contribution is 7.92. The van der Waals surface area contributed by atoms with Crippen LogP contribution in [0.4, 0.5) is 5.69 Å². The lowest BCUT2D eigenvalue weighted by Crippen LogP contribution is -2.24. The summed E-state index contributed by atoms with van der Waals surface area (Å²) in [6.45, 7) is 1.47. The summed E-state index contributed by atoms with van der Waals surface area (Å²) in [5.74, 6) is -0.188. The fraction of sp³-hybridized carbons (Fsp3) is 0.190. The number of hydrogen-bond acceptors (Lipinski definition) is 5. The maximum absolute atomic E-state index is 12.3. The number of carbonyl (C=O) groups excluding carboxylic acids is 1. The van der Waals surface area contributed by atoms with Crippen LogP contribution in [-0.4, -0.2) is 36.3 Å². The van der Waals surface area contributed by atoms with Crippen LogP contribution in [-0.2, 0) is 14.8 Å². The highest BCUT2D eigenvalue weighted by Crippen LogP contribution is 2.37. The second-order valence-corrected chi connectivity index (χ2v) is 8.72. The van der Waals surface area contributed by atoms with E-state index in [2.05, 4.69) is 14.8 Å². The molecule has 7 nitrogen and oxygen atoms in total. The molecule has 4 rings (SSSR count). The third-order valence-electron chi connectivity index (χ3n) is 4.79. The number of nitrogens with one attached hydrogen (secondary N) is 1. The van der Waals surface area contributed by atoms with Crippen LogP contribution in [0.15, 0.2) is 65.9 Å². The van der Waals surface area contributed by atoms with Gasteiger partial charge in [0, 0.05) is 36.1 Å². The minimum atomic E-state index is -3.45. The number of fused-ring (bicyclic) bond motifs is 1. The van der Waals surface area contributed by atoms with Crippen molar-refractivity contribution in [2.75, 3.05) is 11.0 Å². The number of sulfonamides is 1. The Bertz CT molecular complexity index is 1230. The molecule has 0 unspecified atom stereocenters. The third kappa shape index (κ3) is 3.84. The standard InChI is InChI=1S/C21H20N4O3S/c1-14(26)25-20(17-10-5-7-15-8-6-12-22-21(15)17)13-19(23-25)16-9-3-4-11-18(16)24-29(2,27)28/h3-12,20,24H,13H2,1-2H3/t20-/m1/s1. The number of pyridine rings is 1. The summed E-state index contributed by atoms with van der Waals surface area (Å²) < 4.78 is 26.0. The monoisotopic (exact) mass is 408 g/mol. The third-order valence-corrected chi connectivity index (χ3v) is 5.38. The normalized spacial score (nSPS) is 16.7. The summed E-state index contributed by atoms with van der Waals surface area (Å²) >= 11 is 0. The lowest BCUT2D eigenvalue weighted by atomic mass is 9.96. The van der Waals surface area contributed by atoms with E-state index in [1.165, 1.54) is 11.9 Å². The number of amides is 1. The van der Waals surface area contributed by atoms with E-state index in [-0.39, 0.29) is 11.9 Å². The van der Waals surface area contributed by atoms with Gasteiger partial charge in [-0.05, 0) is 12.1 Å². The smallest absolute Gasteiger partial charge is 0.240 e. The van der Waals surface area contributed by atoms with Gasteiger partial charge in [0.15, 0.2) is 0 Å². The molecule has 0 fully saturated rings. The van der Waals surface area contributed by atoms with Crippen LogP contribution in [0.2, 0.25) is 0 Å². The molecule has 29 heavy (non-hydrogen) atoms. The van der Waals surface area contributed by atoms with Gasteiger partial charge in [0.25, 0.3) is 0 Å². The maximum Gasteiger partial charge on any atom is 0.240 e. The van der Waals surface area contributed by atoms with E-state index in [1.807, 2.05) is 36.4 Å². The Hall–Kier alpha value is -3.26. The summed E-state index contributed by atoms with van der Waals surface area (Å²) in [5, 5.41) is 6.99. The minimum Gasteiger partial charge on any atom is -0.283 e. The molecule has 8 heteroatoms. The SMILES string of the molecule is CC(=O)N1N=C(c2ccccc2NS(C)(=O)=O)C[C@@H]1c1cccc2cccnc12. The first kappa shape index (κ1) is 19.1. The molecule has 1 aromatic heterocycles. The van der Waals surface area contributed by atoms with Gasteiger partial charge in [-0.15, -0.1) is 0 Å². The Labute approximate surface area is 169 Å². The Morgan fingerprint density at radius 3 is 2.62 bits per heavy atom. The van der Waals surface area contributed by atoms with Gasteiger partial charge in [0.1, 0.15) is 0 Å². The largest absolute Gasteiger partial charge is 0.283 e. The number of anilines is 1. The number of hydrogen-bond donors (Lipinski definition) is 1. The van der Waals surface area contributed by atoms with Crippen molar-refractivity contribution < 1.29 is 13.2 Å². The predicted molar refractivity (Wildman–Crippen MR) is 113 cm³/mol. The molecular formula is C21H20N4O3S. The molecule has 2 heterocycles. The van der Waals surface area contributed by atoms with Gasteiger partial charge >= 0.3 is 0 Å². The van der Waals surface area contributed by atoms with Crippen LogP contribution in [0, 0.1) is 0 Å². The summed E-state index contributed by atoms with van der Waals surface area (Å²) in [4.78, 5) is 16.8. The Morgan fingerprint density at radius 2 is 1.86 bits per heavy atom. The Kier molecular flexibility index (Phi) is 4.79. The summed E-state index contributed by atoms with van der Waals surface area (Å²) in [6, 6.07) is 16.5. The van der Waals surface area contributed by atoms with Gasteiger partial charge in [-0.3, -0.25) is 14.5 Å². The molecule has 1 aliphatic heterocycles. The number of rotatable bonds is 4. The molecular weight excluding hydrogens is 388 g/mol. The van der Waals surface area contributed by atoms with Gasteiger partial charge in [0.2, 0.25) is 15.9 Å². The first-order chi connectivity index (χ1) is 13.8. The fourth-order valence-electron chi connectivity index (χ4n) is 3.63. The number of hydrazone groups is 1. The molecule has 1 amide bonds. The van der Waals surface area contributed by atoms with Crippen LogP contribution in [0.3, 0.4) is 0 Å². The highest BCUT2D eigenvalue weighted by atomic mass is 32.2. The van der Waals surface area contributed by atoms with Crippen molar-refractivity contribution in [1.82, 2.24) is 9.99 Å². The van der Waals surface area contributed by atoms with E-state index in [0.29, 0.717) is 23.4 Å². The zero-order chi connectivity index (χ0) is 20.6. The lowest BCUT2D eigenvalue weighted by Gasteiger charge is -2.21. The van der Waals surface area contributed by atoms with Crippen LogP contribution in [0.5, 0.6) is 0 Å². The van der Waals surface area contributed by atoms with Gasteiger partial charge in [-0.25, -0.2) is 13.4 Å². The second kappa shape index (κ2) is 7.29. The van der Waals surface area contributed by atoms with E-state index in [9.17, 15) is 13.2 Å². The number of para-hydroxylation sites is 2. The van der Waals surface area contributed by atoms with Crippen LogP contribution >= 0.6 is 0 Å². The summed E-state index contributed by atoms with van der Waals surface area (Å²) in [5.41, 5.74) is 3.47. The van der Waals surface area contributed by atoms with Gasteiger partial charge < -0.3 is 0 Å². The molecule has 1 aliphatic rings. The zero-order valence-electron chi connectivity index (χ0n) is 16.0. The average Bonchev–Trinajstić information content (AvgIpc) is 3.12. The number of aromatic nitrogens is 1. The lowest BCUT2D eigenvalue weighted by molar-refractivity contribution is -0.130. The van der Waals surface area contributed by atoms with Crippen molar-refractivity contribution in [2.24, 2.45) is 5.10 Å². The molecule has 1 atom stereocenters. The van der Waals surface area contributed by atoms with Crippen LogP contribution in [0.25, 0.3) is 10.9 Å². The van der Waals surface area contributed by atoms with Gasteiger partial charge in [-0.2, -0.15) is 5.10 Å². The molecule has 0 saturated heterocycles. The topological polar surface area (TPSA) is 91.7 Å². The average molecular weight is 408 g/mol. The number of nitrogens with zero attached hydrogens (tertiary/aromatic N) is 3. The summed E-state index contributed by atoms with van der Waals surface area (Å²) in [6.07, 6.45) is 3.29. The van der Waals surface area contributed by atoms with E-state index >= 15 is 0 Å². The molecule has 0 radical (unpaired) electrons. The molecule has 148 valence electrons. The van der Waals surface area contributed by atoms with Crippen molar-refractivity contribution in [3.05, 3.63) is 71.9 Å². The first-order valence-corrected chi connectivity index (χ1v) is 11.0. The summed E-state index contributed by atoms with van der Waals surface area (Å²) in [7, 11) is -3.45. The van der Waals surface area contributed by atoms with Gasteiger partial charge in [0.05, 0.1) is 29.2 Å². The first-order valence-electron chi connectivity index (χ1n) is 9.11. The van der Waals surface area contributed by atoms with E-state index < -0.39 is 10.0 Å². The van der Waals surface area contributed by atoms with Crippen molar-refractivity contribution in [1.29, 1.82) is 0 Å². The van der Waals surface area contributed by atoms with Crippen molar-refractivity contribution in [3.63, 3.8) is 0 Å². The molecule has 2 aromatic carbocycles. The molecule has 1 N–H and O–H groups in total. The van der Waals surface area contributed by atoms with Crippen LogP contribution < -0.4 is 4.72 Å². The van der Waals surface area contributed by atoms with Crippen molar-refractivity contribution in [3.8, 4) is 0 Å². The number of benzene rings is 2. The quantitative estimate of drug-likeness (QED) is 0.717. The zero-order valence-corrected chi connectivity index (χ0v) is 16.8. The minimum absolute atomic E-state index is 0.188. The van der Waals surface area contributed by atoms with Crippen LogP contribution in [0.1, 0.15) is 30.5 Å². The van der Waals surface area contributed by atoms with E-state index in [0.717, 1.165) is 22.7 Å². The molecule has 0 saturated carbocycles. The highest BCUT2D eigenvalue weighted by Gasteiger charge is 2.33. The molecule has 0 spiro atoms. The second-order valence-electron chi connectivity index (χ2n) is 6.97. The molecule has 0 bridgehead atoms. The number of carbonyl (C=O) groups is 1. The van der Waals surface area contributed by atoms with E-state index in [4.69, 9.17) is 0 Å². The maximum atomic E-state index is 12.3. The fourth-order valence-corrected chi connectivity index (χ4v) is 4.20. The van der Waals surface area contributed by atoms with Gasteiger partial charge in [-0.1, -0.05) is 42.5 Å². The Balaban J connectivity index is 1.78. The van der Waals surface area contributed by atoms with Crippen molar-refractivity contribution >= 4 is 38.2 Å². The molecule has 3 aromatic rings. The molecule has 0 aliphatic carbocycles. The van der Waals surface area contributed by atoms with Crippen molar-refractivity contribution in [2.45, 2.75) is 19.4 Å². The Morgan fingerprint density at radius 1 is 1.10 bits per heavy atom. The van der Waals surface area contributed by atoms with E-state index in [1.54, 1.807) is 24.4 Å².